The molecule has 0 heterocycles. The van der Waals surface area contributed by atoms with Crippen LogP contribution in [0.5, 0.6) is 0 Å². The van der Waals surface area contributed by atoms with Crippen molar-refractivity contribution in [2.45, 2.75) is 36.0 Å². The lowest BCUT2D eigenvalue weighted by Crippen LogP contribution is -1.89. The molecule has 2 heteroatoms. The summed E-state index contributed by atoms with van der Waals surface area (Å²) >= 11 is 1.80. The lowest BCUT2D eigenvalue weighted by atomic mass is 10.1. The monoisotopic (exact) mass is 255 g/mol. The van der Waals surface area contributed by atoms with Crippen LogP contribution in [-0.2, 0) is 12.8 Å². The van der Waals surface area contributed by atoms with E-state index in [2.05, 4.69) is 36.4 Å². The summed E-state index contributed by atoms with van der Waals surface area (Å²) in [5.74, 6) is 0. The molecule has 0 unspecified atom stereocenters. The van der Waals surface area contributed by atoms with Gasteiger partial charge in [0.2, 0.25) is 0 Å². The van der Waals surface area contributed by atoms with Crippen molar-refractivity contribution in [3.63, 3.8) is 0 Å². The summed E-state index contributed by atoms with van der Waals surface area (Å²) in [5.41, 5.74) is 11.0. The smallest absolute Gasteiger partial charge is 0.0355 e. The van der Waals surface area contributed by atoms with E-state index in [-0.39, 0.29) is 0 Å². The molecule has 1 aliphatic rings. The summed E-state index contributed by atoms with van der Waals surface area (Å²) in [5, 5.41) is 0. The molecule has 3 rings (SSSR count). The van der Waals surface area contributed by atoms with Gasteiger partial charge < -0.3 is 5.73 Å². The van der Waals surface area contributed by atoms with Crippen LogP contribution in [-0.4, -0.2) is 0 Å². The molecule has 0 fully saturated rings. The van der Waals surface area contributed by atoms with Crippen LogP contribution in [0.3, 0.4) is 0 Å². The normalized spacial score (nSPS) is 13.6. The molecule has 0 aromatic heterocycles. The standard InChI is InChI=1S/C16H17NS/c1-11-5-7-15(10-16(11)17)18-14-8-6-12-3-2-4-13(12)9-14/h5-10H,2-4,17H2,1H3. The van der Waals surface area contributed by atoms with E-state index in [9.17, 15) is 0 Å². The van der Waals surface area contributed by atoms with E-state index in [0.29, 0.717) is 0 Å². The number of rotatable bonds is 2. The van der Waals surface area contributed by atoms with Gasteiger partial charge in [0.05, 0.1) is 0 Å². The topological polar surface area (TPSA) is 26.0 Å². The van der Waals surface area contributed by atoms with E-state index in [0.717, 1.165) is 11.3 Å². The van der Waals surface area contributed by atoms with Crippen molar-refractivity contribution in [3.05, 3.63) is 53.1 Å². The minimum Gasteiger partial charge on any atom is -0.398 e. The minimum absolute atomic E-state index is 0.876. The first-order valence-electron chi connectivity index (χ1n) is 6.38. The molecule has 0 spiro atoms. The molecule has 0 aliphatic heterocycles. The van der Waals surface area contributed by atoms with Gasteiger partial charge in [0.15, 0.2) is 0 Å². The molecular weight excluding hydrogens is 238 g/mol. The second-order valence-corrected chi connectivity index (χ2v) is 6.05. The highest BCUT2D eigenvalue weighted by Gasteiger charge is 2.11. The molecule has 1 nitrogen and oxygen atoms in total. The van der Waals surface area contributed by atoms with Gasteiger partial charge in [-0.1, -0.05) is 23.9 Å². The molecule has 0 bridgehead atoms. The number of anilines is 1. The molecule has 0 saturated heterocycles. The number of nitrogens with two attached hydrogens (primary N) is 1. The van der Waals surface area contributed by atoms with Gasteiger partial charge in [-0.25, -0.2) is 0 Å². The molecule has 0 saturated carbocycles. The molecule has 2 N–H and O–H groups in total. The SMILES string of the molecule is Cc1ccc(Sc2ccc3c(c2)CCC3)cc1N. The number of hydrogen-bond donors (Lipinski definition) is 1. The first-order chi connectivity index (χ1) is 8.72. The van der Waals surface area contributed by atoms with Gasteiger partial charge in [0, 0.05) is 15.5 Å². The Kier molecular flexibility index (Phi) is 3.04. The highest BCUT2D eigenvalue weighted by Crippen LogP contribution is 2.33. The molecule has 92 valence electrons. The molecule has 18 heavy (non-hydrogen) atoms. The molecule has 2 aromatic rings. The lowest BCUT2D eigenvalue weighted by molar-refractivity contribution is 0.911. The number of benzene rings is 2. The van der Waals surface area contributed by atoms with Crippen LogP contribution in [0.2, 0.25) is 0 Å². The number of nitrogen functional groups attached to an aromatic ring is 1. The first kappa shape index (κ1) is 11.7. The van der Waals surface area contributed by atoms with Crippen LogP contribution in [0, 0.1) is 6.92 Å². The molecule has 2 aromatic carbocycles. The van der Waals surface area contributed by atoms with Crippen LogP contribution in [0.25, 0.3) is 0 Å². The number of hydrogen-bond acceptors (Lipinski definition) is 2. The highest BCUT2D eigenvalue weighted by molar-refractivity contribution is 7.99. The van der Waals surface area contributed by atoms with Crippen LogP contribution < -0.4 is 5.73 Å². The van der Waals surface area contributed by atoms with Crippen molar-refractivity contribution in [1.29, 1.82) is 0 Å². The van der Waals surface area contributed by atoms with E-state index in [1.807, 2.05) is 6.92 Å². The second kappa shape index (κ2) is 4.69. The third-order valence-electron chi connectivity index (χ3n) is 3.56. The van der Waals surface area contributed by atoms with Crippen molar-refractivity contribution < 1.29 is 0 Å². The maximum Gasteiger partial charge on any atom is 0.0355 e. The zero-order valence-corrected chi connectivity index (χ0v) is 11.4. The Morgan fingerprint density at radius 1 is 0.944 bits per heavy atom. The second-order valence-electron chi connectivity index (χ2n) is 4.90. The van der Waals surface area contributed by atoms with Gasteiger partial charge in [0.25, 0.3) is 0 Å². The Morgan fingerprint density at radius 3 is 2.50 bits per heavy atom. The molecule has 0 radical (unpaired) electrons. The van der Waals surface area contributed by atoms with Crippen LogP contribution in [0.4, 0.5) is 5.69 Å². The van der Waals surface area contributed by atoms with E-state index >= 15 is 0 Å². The Hall–Kier alpha value is -1.41. The predicted octanol–water partition coefficient (Wildman–Crippen LogP) is 4.22. The summed E-state index contributed by atoms with van der Waals surface area (Å²) in [6, 6.07) is 13.1. The maximum absolute atomic E-state index is 5.95. The maximum atomic E-state index is 5.95. The summed E-state index contributed by atoms with van der Waals surface area (Å²) in [7, 11) is 0. The van der Waals surface area contributed by atoms with E-state index < -0.39 is 0 Å². The van der Waals surface area contributed by atoms with Crippen molar-refractivity contribution in [2.75, 3.05) is 5.73 Å². The highest BCUT2D eigenvalue weighted by atomic mass is 32.2. The summed E-state index contributed by atoms with van der Waals surface area (Å²) < 4.78 is 0. The van der Waals surface area contributed by atoms with Crippen LogP contribution >= 0.6 is 11.8 Å². The van der Waals surface area contributed by atoms with Crippen molar-refractivity contribution in [1.82, 2.24) is 0 Å². The third-order valence-corrected chi connectivity index (χ3v) is 4.54. The fourth-order valence-corrected chi connectivity index (χ4v) is 3.36. The van der Waals surface area contributed by atoms with Gasteiger partial charge in [-0.3, -0.25) is 0 Å². The molecular formula is C16H17NS. The van der Waals surface area contributed by atoms with E-state index in [1.165, 1.54) is 40.2 Å². The Bertz CT molecular complexity index is 590. The van der Waals surface area contributed by atoms with Gasteiger partial charge in [0.1, 0.15) is 0 Å². The fourth-order valence-electron chi connectivity index (χ4n) is 2.43. The summed E-state index contributed by atoms with van der Waals surface area (Å²) in [6.45, 7) is 2.04. The largest absolute Gasteiger partial charge is 0.398 e. The molecule has 0 amide bonds. The van der Waals surface area contributed by atoms with Gasteiger partial charge in [-0.15, -0.1) is 0 Å². The van der Waals surface area contributed by atoms with Crippen molar-refractivity contribution in [2.24, 2.45) is 0 Å². The molecule has 0 atom stereocenters. The number of aryl methyl sites for hydroxylation is 3. The van der Waals surface area contributed by atoms with E-state index in [1.54, 1.807) is 11.8 Å². The fraction of sp³-hybridized carbons (Fsp3) is 0.250. The van der Waals surface area contributed by atoms with Gasteiger partial charge in [-0.2, -0.15) is 0 Å². The van der Waals surface area contributed by atoms with Crippen molar-refractivity contribution in [3.8, 4) is 0 Å². The Labute approximate surface area is 112 Å². The quantitative estimate of drug-likeness (QED) is 0.813. The first-order valence-corrected chi connectivity index (χ1v) is 7.20. The zero-order chi connectivity index (χ0) is 12.5. The average molecular weight is 255 g/mol. The van der Waals surface area contributed by atoms with Gasteiger partial charge in [-0.05, 0) is 67.1 Å². The lowest BCUT2D eigenvalue weighted by Gasteiger charge is -2.07. The zero-order valence-electron chi connectivity index (χ0n) is 10.6. The van der Waals surface area contributed by atoms with Crippen LogP contribution in [0.1, 0.15) is 23.1 Å². The minimum atomic E-state index is 0.876. The van der Waals surface area contributed by atoms with Crippen molar-refractivity contribution >= 4 is 17.4 Å². The van der Waals surface area contributed by atoms with E-state index in [4.69, 9.17) is 5.73 Å². The summed E-state index contributed by atoms with van der Waals surface area (Å²) in [6.07, 6.45) is 3.79. The summed E-state index contributed by atoms with van der Waals surface area (Å²) in [4.78, 5) is 2.54. The Balaban J connectivity index is 1.85. The van der Waals surface area contributed by atoms with Crippen LogP contribution in [0.15, 0.2) is 46.2 Å². The third kappa shape index (κ3) is 2.25. The molecule has 1 aliphatic carbocycles. The Morgan fingerprint density at radius 2 is 1.67 bits per heavy atom. The average Bonchev–Trinajstić information content (AvgIpc) is 2.81. The predicted molar refractivity (Wildman–Crippen MR) is 78.2 cm³/mol. The van der Waals surface area contributed by atoms with Gasteiger partial charge >= 0.3 is 0 Å². The number of fused-ring (bicyclic) bond motifs is 1.